The van der Waals surface area contributed by atoms with Gasteiger partial charge in [0.05, 0.1) is 22.2 Å². The van der Waals surface area contributed by atoms with E-state index in [0.29, 0.717) is 12.0 Å². The third-order valence-corrected chi connectivity index (χ3v) is 8.05. The van der Waals surface area contributed by atoms with Gasteiger partial charge in [0.2, 0.25) is 0 Å². The van der Waals surface area contributed by atoms with Crippen molar-refractivity contribution in [3.8, 4) is 0 Å². The van der Waals surface area contributed by atoms with Crippen LogP contribution in [0, 0.1) is 22.7 Å². The van der Waals surface area contributed by atoms with Gasteiger partial charge in [0.25, 0.3) is 5.91 Å². The zero-order valence-electron chi connectivity index (χ0n) is 17.3. The highest BCUT2D eigenvalue weighted by molar-refractivity contribution is 6.39. The fraction of sp³-hybridized carbons (Fsp3) is 0.591. The van der Waals surface area contributed by atoms with Gasteiger partial charge < -0.3 is 21.1 Å². The number of hydrogen-bond donors (Lipinski definition) is 4. The van der Waals surface area contributed by atoms with E-state index < -0.39 is 23.9 Å². The Hall–Kier alpha value is -1.99. The van der Waals surface area contributed by atoms with E-state index in [4.69, 9.17) is 23.2 Å². The van der Waals surface area contributed by atoms with Crippen molar-refractivity contribution in [3.63, 3.8) is 0 Å². The molecular weight excluding hydrogens is 441 g/mol. The molecular formula is C22H27Cl2N3O4. The highest BCUT2D eigenvalue weighted by atomic mass is 35.5. The normalized spacial score (nSPS) is 31.3. The van der Waals surface area contributed by atoms with E-state index in [-0.39, 0.29) is 27.6 Å². The predicted octanol–water partition coefficient (Wildman–Crippen LogP) is 3.69. The molecule has 0 heterocycles. The number of amides is 3. The van der Waals surface area contributed by atoms with Crippen molar-refractivity contribution >= 4 is 41.1 Å². The number of carboxylic acids is 1. The summed E-state index contributed by atoms with van der Waals surface area (Å²) in [5, 5.41) is 17.5. The Morgan fingerprint density at radius 2 is 1.87 bits per heavy atom. The van der Waals surface area contributed by atoms with Gasteiger partial charge in [-0.2, -0.15) is 0 Å². The summed E-state index contributed by atoms with van der Waals surface area (Å²) < 4.78 is 0. The third-order valence-electron chi connectivity index (χ3n) is 7.42. The molecule has 4 N–H and O–H groups in total. The highest BCUT2D eigenvalue weighted by Gasteiger charge is 2.61. The summed E-state index contributed by atoms with van der Waals surface area (Å²) in [6, 6.07) is 2.82. The number of hydrogen-bond acceptors (Lipinski definition) is 3. The highest BCUT2D eigenvalue weighted by Crippen LogP contribution is 2.69. The standard InChI is InChI=1S/C22H27Cl2N3O4/c1-21-6-12-5-13(21)8-22(7-12,10-21)11-26-20(31)25-9-16(19(29)30)27-18(28)17-14(23)3-2-4-15(17)24/h2-4,12-13,16H,5-11H2,1H3,(H,27,28)(H,29,30)(H2,25,26,31)/t12?,13?,16-,21?,22?/m0/s1. The molecule has 7 nitrogen and oxygen atoms in total. The summed E-state index contributed by atoms with van der Waals surface area (Å²) in [6.07, 6.45) is 6.09. The fourth-order valence-corrected chi connectivity index (χ4v) is 6.96. The SMILES string of the molecule is CC12CC3CC1CC(CNC(=O)NC[C@H](NC(=O)c1c(Cl)cccc1Cl)C(=O)O)(C3)C2. The maximum Gasteiger partial charge on any atom is 0.328 e. The summed E-state index contributed by atoms with van der Waals surface area (Å²) >= 11 is 12.0. The summed E-state index contributed by atoms with van der Waals surface area (Å²) in [5.74, 6) is -0.449. The van der Waals surface area contributed by atoms with Gasteiger partial charge in [0, 0.05) is 6.54 Å². The average molecular weight is 468 g/mol. The summed E-state index contributed by atoms with van der Waals surface area (Å²) in [5.41, 5.74) is 0.583. The van der Waals surface area contributed by atoms with E-state index in [9.17, 15) is 19.5 Å². The summed E-state index contributed by atoms with van der Waals surface area (Å²) in [4.78, 5) is 36.4. The topological polar surface area (TPSA) is 108 Å². The monoisotopic (exact) mass is 467 g/mol. The van der Waals surface area contributed by atoms with Crippen LogP contribution in [0.1, 0.15) is 49.4 Å². The largest absolute Gasteiger partial charge is 0.480 e. The Kier molecular flexibility index (Phi) is 5.85. The van der Waals surface area contributed by atoms with Gasteiger partial charge in [-0.1, -0.05) is 36.2 Å². The van der Waals surface area contributed by atoms with Gasteiger partial charge in [-0.3, -0.25) is 4.79 Å². The lowest BCUT2D eigenvalue weighted by atomic mass is 9.67. The molecule has 4 saturated carbocycles. The number of nitrogens with one attached hydrogen (secondary N) is 3. The van der Waals surface area contributed by atoms with E-state index in [1.54, 1.807) is 6.07 Å². The molecule has 5 rings (SSSR count). The van der Waals surface area contributed by atoms with Gasteiger partial charge in [0.1, 0.15) is 6.04 Å². The van der Waals surface area contributed by atoms with Crippen LogP contribution in [-0.2, 0) is 4.79 Å². The molecule has 9 heteroatoms. The van der Waals surface area contributed by atoms with Crippen LogP contribution in [-0.4, -0.2) is 42.1 Å². The van der Waals surface area contributed by atoms with Gasteiger partial charge in [0.15, 0.2) is 0 Å². The van der Waals surface area contributed by atoms with E-state index in [1.807, 2.05) is 0 Å². The molecule has 4 fully saturated rings. The van der Waals surface area contributed by atoms with E-state index in [2.05, 4.69) is 22.9 Å². The lowest BCUT2D eigenvalue weighted by molar-refractivity contribution is -0.139. The molecule has 31 heavy (non-hydrogen) atoms. The minimum atomic E-state index is -1.32. The van der Waals surface area contributed by atoms with Gasteiger partial charge in [-0.25, -0.2) is 9.59 Å². The summed E-state index contributed by atoms with van der Waals surface area (Å²) in [6.45, 7) is 2.72. The first kappa shape index (κ1) is 22.2. The molecule has 4 bridgehead atoms. The number of halogens is 2. The lowest BCUT2D eigenvalue weighted by Gasteiger charge is -2.40. The number of aliphatic carboxylic acids is 1. The number of carboxylic acid groups (broad SMARTS) is 1. The maximum atomic E-state index is 12.5. The number of urea groups is 1. The molecule has 4 unspecified atom stereocenters. The minimum Gasteiger partial charge on any atom is -0.480 e. The number of carbonyl (C=O) groups excluding carboxylic acids is 2. The number of rotatable bonds is 7. The van der Waals surface area contributed by atoms with Crippen LogP contribution in [0.2, 0.25) is 10.0 Å². The van der Waals surface area contributed by atoms with Crippen LogP contribution >= 0.6 is 23.2 Å². The molecule has 0 spiro atoms. The molecule has 1 aromatic rings. The first-order valence-corrected chi connectivity index (χ1v) is 11.4. The quantitative estimate of drug-likeness (QED) is 0.490. The minimum absolute atomic E-state index is 0.000723. The van der Waals surface area contributed by atoms with Crippen LogP contribution < -0.4 is 16.0 Å². The molecule has 0 aliphatic heterocycles. The number of carbonyl (C=O) groups is 3. The van der Waals surface area contributed by atoms with Gasteiger partial charge in [-0.15, -0.1) is 0 Å². The van der Waals surface area contributed by atoms with Crippen LogP contribution in [0.25, 0.3) is 0 Å². The predicted molar refractivity (Wildman–Crippen MR) is 117 cm³/mol. The summed E-state index contributed by atoms with van der Waals surface area (Å²) in [7, 11) is 0. The van der Waals surface area contributed by atoms with Crippen LogP contribution in [0.4, 0.5) is 4.79 Å². The molecule has 0 aromatic heterocycles. The van der Waals surface area contributed by atoms with E-state index >= 15 is 0 Å². The van der Waals surface area contributed by atoms with Gasteiger partial charge in [-0.05, 0) is 66.9 Å². The van der Waals surface area contributed by atoms with Crippen molar-refractivity contribution in [1.82, 2.24) is 16.0 Å². The van der Waals surface area contributed by atoms with Crippen molar-refractivity contribution in [2.75, 3.05) is 13.1 Å². The second-order valence-corrected chi connectivity index (χ2v) is 10.6. The Labute approximate surface area is 191 Å². The molecule has 168 valence electrons. The molecule has 4 aliphatic carbocycles. The first-order chi connectivity index (χ1) is 14.6. The van der Waals surface area contributed by atoms with Crippen molar-refractivity contribution in [3.05, 3.63) is 33.8 Å². The molecule has 0 radical (unpaired) electrons. The molecule has 5 atom stereocenters. The third kappa shape index (κ3) is 4.35. The van der Waals surface area contributed by atoms with Gasteiger partial charge >= 0.3 is 12.0 Å². The molecule has 0 saturated heterocycles. The van der Waals surface area contributed by atoms with E-state index in [1.165, 1.54) is 25.0 Å². The first-order valence-electron chi connectivity index (χ1n) is 10.6. The Morgan fingerprint density at radius 1 is 1.16 bits per heavy atom. The average Bonchev–Trinajstić information content (AvgIpc) is 3.02. The van der Waals surface area contributed by atoms with Crippen molar-refractivity contribution in [1.29, 1.82) is 0 Å². The molecule has 3 amide bonds. The Balaban J connectivity index is 1.29. The van der Waals surface area contributed by atoms with Crippen molar-refractivity contribution in [2.24, 2.45) is 22.7 Å². The number of benzene rings is 1. The smallest absolute Gasteiger partial charge is 0.328 e. The maximum absolute atomic E-state index is 12.5. The Bertz CT molecular complexity index is 906. The molecule has 1 aromatic carbocycles. The van der Waals surface area contributed by atoms with Crippen molar-refractivity contribution < 1.29 is 19.5 Å². The zero-order valence-corrected chi connectivity index (χ0v) is 18.9. The van der Waals surface area contributed by atoms with Crippen molar-refractivity contribution in [2.45, 2.75) is 45.1 Å². The lowest BCUT2D eigenvalue weighted by Crippen LogP contribution is -2.51. The van der Waals surface area contributed by atoms with Crippen LogP contribution in [0.3, 0.4) is 0 Å². The second-order valence-electron chi connectivity index (χ2n) is 9.77. The second kappa shape index (κ2) is 8.17. The van der Waals surface area contributed by atoms with Crippen LogP contribution in [0.5, 0.6) is 0 Å². The Morgan fingerprint density at radius 3 is 2.48 bits per heavy atom. The fourth-order valence-electron chi connectivity index (χ4n) is 6.39. The zero-order chi connectivity index (χ0) is 22.4. The molecule has 4 aliphatic rings. The van der Waals surface area contributed by atoms with Crippen LogP contribution in [0.15, 0.2) is 18.2 Å². The van der Waals surface area contributed by atoms with E-state index in [0.717, 1.165) is 31.1 Å².